The molecule has 0 heterocycles. The highest BCUT2D eigenvalue weighted by Gasteiger charge is 2.61. The van der Waals surface area contributed by atoms with Crippen molar-refractivity contribution >= 4 is 11.6 Å². The lowest BCUT2D eigenvalue weighted by Gasteiger charge is -2.59. The van der Waals surface area contributed by atoms with E-state index in [1.54, 1.807) is 0 Å². The first-order valence-electron chi connectivity index (χ1n) is 9.30. The van der Waals surface area contributed by atoms with Crippen LogP contribution in [0.3, 0.4) is 0 Å². The van der Waals surface area contributed by atoms with E-state index in [0.29, 0.717) is 35.9 Å². The third-order valence-corrected chi connectivity index (χ3v) is 8.02. The fourth-order valence-electron chi connectivity index (χ4n) is 6.79. The molecular weight excluding hydrogens is 288 g/mol. The predicted molar refractivity (Wildman–Crippen MR) is 87.7 cm³/mol. The summed E-state index contributed by atoms with van der Waals surface area (Å²) < 4.78 is 0. The van der Waals surface area contributed by atoms with Crippen LogP contribution in [0.4, 0.5) is 0 Å². The van der Waals surface area contributed by atoms with Gasteiger partial charge in [0, 0.05) is 23.7 Å². The van der Waals surface area contributed by atoms with Crippen molar-refractivity contribution in [1.82, 2.24) is 0 Å². The van der Waals surface area contributed by atoms with Crippen molar-refractivity contribution in [3.05, 3.63) is 11.6 Å². The summed E-state index contributed by atoms with van der Waals surface area (Å²) in [5, 5.41) is 10.3. The van der Waals surface area contributed by atoms with E-state index in [0.717, 1.165) is 38.5 Å². The van der Waals surface area contributed by atoms with Crippen molar-refractivity contribution in [3.63, 3.8) is 0 Å². The van der Waals surface area contributed by atoms with Gasteiger partial charge < -0.3 is 5.11 Å². The van der Waals surface area contributed by atoms with Crippen molar-refractivity contribution in [1.29, 1.82) is 0 Å². The van der Waals surface area contributed by atoms with Gasteiger partial charge in [0.25, 0.3) is 0 Å². The average molecular weight is 316 g/mol. The van der Waals surface area contributed by atoms with Crippen LogP contribution in [0.25, 0.3) is 0 Å². The monoisotopic (exact) mass is 316 g/mol. The first-order valence-corrected chi connectivity index (χ1v) is 9.30. The van der Waals surface area contributed by atoms with Gasteiger partial charge in [-0.2, -0.15) is 0 Å². The van der Waals surface area contributed by atoms with Crippen molar-refractivity contribution in [3.8, 4) is 0 Å². The van der Waals surface area contributed by atoms with E-state index in [1.807, 2.05) is 6.08 Å². The van der Waals surface area contributed by atoms with Gasteiger partial charge in [0.05, 0.1) is 6.61 Å². The molecule has 4 rings (SSSR count). The zero-order chi connectivity index (χ0) is 16.4. The van der Waals surface area contributed by atoms with Crippen LogP contribution in [-0.4, -0.2) is 23.3 Å². The Kier molecular flexibility index (Phi) is 3.39. The van der Waals surface area contributed by atoms with Crippen LogP contribution in [0, 0.1) is 34.5 Å². The highest BCUT2D eigenvalue weighted by molar-refractivity contribution is 5.91. The summed E-state index contributed by atoms with van der Waals surface area (Å²) in [7, 11) is 0. The SMILES string of the molecule is C[C@@H]1CC2=CC(=O)CC[C@]2(CO)[C@H]2CC[C@]3(C)C(=O)CC[C@H]3[C@H]12. The highest BCUT2D eigenvalue weighted by atomic mass is 16.3. The van der Waals surface area contributed by atoms with Gasteiger partial charge in [-0.15, -0.1) is 0 Å². The quantitative estimate of drug-likeness (QED) is 0.807. The molecular formula is C20H28O3. The molecule has 0 spiro atoms. The van der Waals surface area contributed by atoms with Gasteiger partial charge >= 0.3 is 0 Å². The largest absolute Gasteiger partial charge is 0.395 e. The summed E-state index contributed by atoms with van der Waals surface area (Å²) in [6.45, 7) is 4.65. The Morgan fingerprint density at radius 2 is 1.96 bits per heavy atom. The Bertz CT molecular complexity index is 592. The summed E-state index contributed by atoms with van der Waals surface area (Å²) in [6.07, 6.45) is 7.91. The van der Waals surface area contributed by atoms with Crippen LogP contribution in [0.15, 0.2) is 11.6 Å². The second-order valence-electron chi connectivity index (χ2n) is 8.84. The van der Waals surface area contributed by atoms with Gasteiger partial charge in [-0.1, -0.05) is 19.4 Å². The van der Waals surface area contributed by atoms with Gasteiger partial charge in [0.2, 0.25) is 0 Å². The minimum atomic E-state index is -0.182. The number of Topliss-reactive ketones (excluding diaryl/α,β-unsaturated/α-hetero) is 1. The summed E-state index contributed by atoms with van der Waals surface area (Å²) in [5.74, 6) is 2.65. The maximum atomic E-state index is 12.5. The van der Waals surface area contributed by atoms with Crippen LogP contribution >= 0.6 is 0 Å². The fraction of sp³-hybridized carbons (Fsp3) is 0.800. The molecule has 0 unspecified atom stereocenters. The molecule has 3 saturated carbocycles. The molecule has 3 heteroatoms. The number of rotatable bonds is 1. The number of aliphatic hydroxyl groups is 1. The smallest absolute Gasteiger partial charge is 0.155 e. The Labute approximate surface area is 138 Å². The highest BCUT2D eigenvalue weighted by Crippen LogP contribution is 2.65. The molecule has 0 aliphatic heterocycles. The first-order chi connectivity index (χ1) is 10.9. The van der Waals surface area contributed by atoms with Crippen LogP contribution in [0.5, 0.6) is 0 Å². The summed E-state index contributed by atoms with van der Waals surface area (Å²) in [6, 6.07) is 0. The normalized spacial score (nSPS) is 49.3. The Hall–Kier alpha value is -0.960. The minimum Gasteiger partial charge on any atom is -0.395 e. The summed E-state index contributed by atoms with van der Waals surface area (Å²) in [4.78, 5) is 24.4. The molecule has 0 amide bonds. The first kappa shape index (κ1) is 15.6. The molecule has 0 saturated heterocycles. The van der Waals surface area contributed by atoms with Gasteiger partial charge in [-0.25, -0.2) is 0 Å². The summed E-state index contributed by atoms with van der Waals surface area (Å²) >= 11 is 0. The van der Waals surface area contributed by atoms with E-state index in [-0.39, 0.29) is 23.2 Å². The van der Waals surface area contributed by atoms with Gasteiger partial charge in [-0.05, 0) is 61.9 Å². The number of ketones is 2. The minimum absolute atomic E-state index is 0.127. The van der Waals surface area contributed by atoms with E-state index in [1.165, 1.54) is 5.57 Å². The molecule has 4 aliphatic carbocycles. The second-order valence-corrected chi connectivity index (χ2v) is 8.84. The van der Waals surface area contributed by atoms with E-state index in [9.17, 15) is 14.7 Å². The molecule has 0 radical (unpaired) electrons. The van der Waals surface area contributed by atoms with E-state index < -0.39 is 0 Å². The number of aliphatic hydroxyl groups excluding tert-OH is 1. The molecule has 0 aromatic heterocycles. The molecule has 6 atom stereocenters. The Morgan fingerprint density at radius 1 is 1.17 bits per heavy atom. The van der Waals surface area contributed by atoms with E-state index >= 15 is 0 Å². The van der Waals surface area contributed by atoms with E-state index in [2.05, 4.69) is 13.8 Å². The van der Waals surface area contributed by atoms with Gasteiger partial charge in [-0.3, -0.25) is 9.59 Å². The fourth-order valence-corrected chi connectivity index (χ4v) is 6.79. The molecule has 23 heavy (non-hydrogen) atoms. The zero-order valence-electron chi connectivity index (χ0n) is 14.3. The van der Waals surface area contributed by atoms with Gasteiger partial charge in [0.1, 0.15) is 5.78 Å². The van der Waals surface area contributed by atoms with Crippen molar-refractivity contribution < 1.29 is 14.7 Å². The molecule has 1 N–H and O–H groups in total. The molecule has 0 aromatic rings. The molecule has 4 aliphatic rings. The van der Waals surface area contributed by atoms with E-state index in [4.69, 9.17) is 0 Å². The van der Waals surface area contributed by atoms with Crippen LogP contribution in [0.2, 0.25) is 0 Å². The number of fused-ring (bicyclic) bond motifs is 5. The zero-order valence-corrected chi connectivity index (χ0v) is 14.3. The third-order valence-electron chi connectivity index (χ3n) is 8.02. The molecule has 126 valence electrons. The summed E-state index contributed by atoms with van der Waals surface area (Å²) in [5.41, 5.74) is 0.897. The lowest BCUT2D eigenvalue weighted by molar-refractivity contribution is -0.136. The van der Waals surface area contributed by atoms with Crippen molar-refractivity contribution in [2.75, 3.05) is 6.61 Å². The number of hydrogen-bond donors (Lipinski definition) is 1. The lowest BCUT2D eigenvalue weighted by Crippen LogP contribution is -2.55. The van der Waals surface area contributed by atoms with Crippen LogP contribution in [0.1, 0.15) is 58.8 Å². The maximum absolute atomic E-state index is 12.5. The number of carbonyl (C=O) groups excluding carboxylic acids is 2. The second kappa shape index (κ2) is 5.02. The number of carbonyl (C=O) groups is 2. The van der Waals surface area contributed by atoms with Crippen molar-refractivity contribution in [2.24, 2.45) is 34.5 Å². The lowest BCUT2D eigenvalue weighted by atomic mass is 9.45. The van der Waals surface area contributed by atoms with Gasteiger partial charge in [0.15, 0.2) is 5.78 Å². The van der Waals surface area contributed by atoms with Crippen molar-refractivity contribution in [2.45, 2.75) is 58.8 Å². The predicted octanol–water partition coefficient (Wildman–Crippen LogP) is 3.31. The molecule has 0 bridgehead atoms. The molecule has 0 aromatic carbocycles. The maximum Gasteiger partial charge on any atom is 0.155 e. The standard InChI is InChI=1S/C20H28O3/c1-12-9-13-10-14(22)5-8-20(13,11-21)16-6-7-19(2)15(18(12)16)3-4-17(19)23/h10,12,15-16,18,21H,3-9,11H2,1-2H3/t12-,15+,16+,18+,19+,20-/m1/s1. The average Bonchev–Trinajstić information content (AvgIpc) is 2.83. The number of hydrogen-bond acceptors (Lipinski definition) is 3. The Balaban J connectivity index is 1.77. The van der Waals surface area contributed by atoms with Crippen LogP contribution < -0.4 is 0 Å². The molecule has 3 nitrogen and oxygen atoms in total. The van der Waals surface area contributed by atoms with Crippen LogP contribution in [-0.2, 0) is 9.59 Å². The Morgan fingerprint density at radius 3 is 2.70 bits per heavy atom. The molecule has 3 fully saturated rings. The third kappa shape index (κ3) is 1.92. The topological polar surface area (TPSA) is 54.4 Å².